The third kappa shape index (κ3) is 3.58. The van der Waals surface area contributed by atoms with E-state index in [4.69, 9.17) is 5.73 Å². The molecule has 24 heavy (non-hydrogen) atoms. The van der Waals surface area contributed by atoms with Crippen molar-refractivity contribution in [1.29, 1.82) is 0 Å². The van der Waals surface area contributed by atoms with Crippen LogP contribution in [0.2, 0.25) is 0 Å². The summed E-state index contributed by atoms with van der Waals surface area (Å²) in [5.41, 5.74) is 11.3. The summed E-state index contributed by atoms with van der Waals surface area (Å²) in [6, 6.07) is 12.6. The number of aromatic hydroxyl groups is 1. The molecule has 0 amide bonds. The molecule has 0 aliphatic heterocycles. The first kappa shape index (κ1) is 15.7. The summed E-state index contributed by atoms with van der Waals surface area (Å²) in [6.45, 7) is 0. The van der Waals surface area contributed by atoms with Gasteiger partial charge in [-0.05, 0) is 28.8 Å². The molecule has 3 aromatic rings. The van der Waals surface area contributed by atoms with Gasteiger partial charge in [0, 0.05) is 5.38 Å². The largest absolute Gasteiger partial charge is 0.507 e. The zero-order chi connectivity index (χ0) is 16.9. The molecular weight excluding hydrogens is 324 g/mol. The van der Waals surface area contributed by atoms with Crippen molar-refractivity contribution >= 4 is 34.8 Å². The average Bonchev–Trinajstić information content (AvgIpc) is 3.01. The number of hydrazone groups is 1. The lowest BCUT2D eigenvalue weighted by Gasteiger charge is -2.04. The second kappa shape index (κ2) is 6.93. The van der Waals surface area contributed by atoms with Crippen molar-refractivity contribution in [2.75, 3.05) is 11.2 Å². The highest BCUT2D eigenvalue weighted by molar-refractivity contribution is 7.14. The van der Waals surface area contributed by atoms with Crippen molar-refractivity contribution in [3.63, 3.8) is 0 Å². The Morgan fingerprint density at radius 2 is 1.92 bits per heavy atom. The van der Waals surface area contributed by atoms with Crippen LogP contribution in [0.1, 0.15) is 15.9 Å². The fourth-order valence-electron chi connectivity index (χ4n) is 2.08. The molecule has 0 radical (unpaired) electrons. The maximum Gasteiger partial charge on any atom is 0.205 e. The molecule has 0 aliphatic rings. The number of thiazole rings is 1. The number of benzene rings is 2. The third-order valence-electron chi connectivity index (χ3n) is 3.30. The number of hydrogen-bond donors (Lipinski definition) is 3. The number of phenolic OH excluding ortho intramolecular Hbond substituents is 1. The zero-order valence-corrected chi connectivity index (χ0v) is 13.3. The fraction of sp³-hybridized carbons (Fsp3) is 0. The van der Waals surface area contributed by atoms with Crippen LogP contribution in [0.4, 0.5) is 10.9 Å². The fourth-order valence-corrected chi connectivity index (χ4v) is 2.63. The van der Waals surface area contributed by atoms with Gasteiger partial charge >= 0.3 is 0 Å². The standard InChI is InChI=1S/C17H14N4O2S/c18-16-10-24-17(20-16)21-19-8-11-1-3-12(4-2-11)13-5-6-14(9-22)15(23)7-13/h1-10,23H,18H2,(H,20,21). The predicted molar refractivity (Wildman–Crippen MR) is 96.7 cm³/mol. The van der Waals surface area contributed by atoms with E-state index in [1.165, 1.54) is 11.3 Å². The van der Waals surface area contributed by atoms with Crippen molar-refractivity contribution in [3.05, 3.63) is 59.0 Å². The second-order valence-corrected chi connectivity index (χ2v) is 5.82. The molecule has 3 rings (SSSR count). The molecule has 0 aliphatic carbocycles. The van der Waals surface area contributed by atoms with Crippen LogP contribution in [0.3, 0.4) is 0 Å². The van der Waals surface area contributed by atoms with Gasteiger partial charge in [-0.25, -0.2) is 4.98 Å². The van der Waals surface area contributed by atoms with E-state index in [2.05, 4.69) is 15.5 Å². The number of nitrogens with two attached hydrogens (primary N) is 1. The van der Waals surface area contributed by atoms with Crippen molar-refractivity contribution in [3.8, 4) is 16.9 Å². The molecule has 4 N–H and O–H groups in total. The number of anilines is 2. The Bertz CT molecular complexity index is 888. The highest BCUT2D eigenvalue weighted by atomic mass is 32.1. The van der Waals surface area contributed by atoms with Gasteiger partial charge in [-0.2, -0.15) is 5.10 Å². The van der Waals surface area contributed by atoms with E-state index in [0.717, 1.165) is 16.7 Å². The van der Waals surface area contributed by atoms with E-state index >= 15 is 0 Å². The molecule has 0 fully saturated rings. The highest BCUT2D eigenvalue weighted by Gasteiger charge is 2.03. The molecule has 2 aromatic carbocycles. The number of phenols is 1. The molecule has 0 saturated carbocycles. The van der Waals surface area contributed by atoms with Gasteiger partial charge in [0.25, 0.3) is 0 Å². The lowest BCUT2D eigenvalue weighted by Crippen LogP contribution is -1.91. The average molecular weight is 338 g/mol. The van der Waals surface area contributed by atoms with Gasteiger partial charge in [-0.15, -0.1) is 11.3 Å². The first-order valence-electron chi connectivity index (χ1n) is 7.04. The Kier molecular flexibility index (Phi) is 4.53. The molecule has 0 saturated heterocycles. The van der Waals surface area contributed by atoms with Crippen LogP contribution >= 0.6 is 11.3 Å². The van der Waals surface area contributed by atoms with E-state index < -0.39 is 0 Å². The minimum atomic E-state index is -0.0277. The summed E-state index contributed by atoms with van der Waals surface area (Å²) in [7, 11) is 0. The molecule has 0 atom stereocenters. The summed E-state index contributed by atoms with van der Waals surface area (Å²) in [5, 5.41) is 16.2. The molecular formula is C17H14N4O2S. The first-order valence-corrected chi connectivity index (χ1v) is 7.92. The number of rotatable bonds is 5. The number of nitrogens with zero attached hydrogens (tertiary/aromatic N) is 2. The predicted octanol–water partition coefficient (Wildman–Crippen LogP) is 3.36. The van der Waals surface area contributed by atoms with Crippen LogP contribution in [0, 0.1) is 0 Å². The number of aromatic nitrogens is 1. The van der Waals surface area contributed by atoms with Crippen molar-refractivity contribution in [2.24, 2.45) is 5.10 Å². The Balaban J connectivity index is 1.71. The Hall–Kier alpha value is -3.19. The van der Waals surface area contributed by atoms with Crippen LogP contribution in [-0.2, 0) is 0 Å². The lowest BCUT2D eigenvalue weighted by atomic mass is 10.0. The van der Waals surface area contributed by atoms with E-state index in [9.17, 15) is 9.90 Å². The Morgan fingerprint density at radius 3 is 2.54 bits per heavy atom. The first-order chi connectivity index (χ1) is 11.7. The lowest BCUT2D eigenvalue weighted by molar-refractivity contribution is 0.112. The molecule has 1 heterocycles. The quantitative estimate of drug-likeness (QED) is 0.376. The summed E-state index contributed by atoms with van der Waals surface area (Å²) in [5.74, 6) is 0.436. The maximum atomic E-state index is 10.7. The van der Waals surface area contributed by atoms with Crippen LogP contribution in [0.25, 0.3) is 11.1 Å². The number of nitrogens with one attached hydrogen (secondary N) is 1. The number of carbonyl (C=O) groups is 1. The zero-order valence-electron chi connectivity index (χ0n) is 12.5. The summed E-state index contributed by atoms with van der Waals surface area (Å²) < 4.78 is 0. The molecule has 6 nitrogen and oxygen atoms in total. The van der Waals surface area contributed by atoms with Gasteiger partial charge in [0.05, 0.1) is 11.8 Å². The molecule has 0 spiro atoms. The van der Waals surface area contributed by atoms with Gasteiger partial charge in [-0.1, -0.05) is 30.3 Å². The molecule has 0 bridgehead atoms. The molecule has 120 valence electrons. The summed E-state index contributed by atoms with van der Waals surface area (Å²) in [6.07, 6.45) is 2.30. The van der Waals surface area contributed by atoms with Crippen LogP contribution in [-0.4, -0.2) is 22.6 Å². The van der Waals surface area contributed by atoms with Crippen molar-refractivity contribution in [2.45, 2.75) is 0 Å². The second-order valence-electron chi connectivity index (χ2n) is 4.96. The maximum absolute atomic E-state index is 10.7. The summed E-state index contributed by atoms with van der Waals surface area (Å²) >= 11 is 1.38. The van der Waals surface area contributed by atoms with E-state index in [0.29, 0.717) is 17.2 Å². The smallest absolute Gasteiger partial charge is 0.205 e. The van der Waals surface area contributed by atoms with Gasteiger partial charge in [0.1, 0.15) is 11.6 Å². The Labute approximate surface area is 142 Å². The van der Waals surface area contributed by atoms with Crippen LogP contribution < -0.4 is 11.2 Å². The number of carbonyl (C=O) groups excluding carboxylic acids is 1. The van der Waals surface area contributed by atoms with Crippen molar-refractivity contribution in [1.82, 2.24) is 4.98 Å². The van der Waals surface area contributed by atoms with E-state index in [1.54, 1.807) is 29.8 Å². The number of aldehydes is 1. The summed E-state index contributed by atoms with van der Waals surface area (Å²) in [4.78, 5) is 14.8. The SMILES string of the molecule is Nc1csc(NN=Cc2ccc(-c3ccc(C=O)c(O)c3)cc2)n1. The van der Waals surface area contributed by atoms with Crippen LogP contribution in [0.15, 0.2) is 52.9 Å². The topological polar surface area (TPSA) is 101 Å². The van der Waals surface area contributed by atoms with Gasteiger partial charge < -0.3 is 10.8 Å². The monoisotopic (exact) mass is 338 g/mol. The normalized spacial score (nSPS) is 10.8. The van der Waals surface area contributed by atoms with Gasteiger partial charge in [-0.3, -0.25) is 10.2 Å². The third-order valence-corrected chi connectivity index (χ3v) is 4.06. The van der Waals surface area contributed by atoms with E-state index in [1.807, 2.05) is 24.3 Å². The Morgan fingerprint density at radius 1 is 1.17 bits per heavy atom. The minimum Gasteiger partial charge on any atom is -0.507 e. The minimum absolute atomic E-state index is 0.0277. The van der Waals surface area contributed by atoms with Crippen LogP contribution in [0.5, 0.6) is 5.75 Å². The van der Waals surface area contributed by atoms with E-state index in [-0.39, 0.29) is 11.3 Å². The van der Waals surface area contributed by atoms with Gasteiger partial charge in [0.2, 0.25) is 5.13 Å². The number of nitrogen functional groups attached to an aromatic ring is 1. The number of hydrogen-bond acceptors (Lipinski definition) is 7. The molecule has 0 unspecified atom stereocenters. The molecule has 1 aromatic heterocycles. The molecule has 7 heteroatoms. The van der Waals surface area contributed by atoms with Crippen molar-refractivity contribution < 1.29 is 9.90 Å². The van der Waals surface area contributed by atoms with Gasteiger partial charge in [0.15, 0.2) is 6.29 Å². The highest BCUT2D eigenvalue weighted by Crippen LogP contribution is 2.25.